The summed E-state index contributed by atoms with van der Waals surface area (Å²) in [6.07, 6.45) is 12.0. The molecule has 452 valence electrons. The van der Waals surface area contributed by atoms with Gasteiger partial charge in [-0.05, 0) is 206 Å². The number of aromatic nitrogens is 12. The summed E-state index contributed by atoms with van der Waals surface area (Å²) in [5.41, 5.74) is 22.1. The Balaban J connectivity index is 0.000000137. The minimum atomic E-state index is -0.418. The summed E-state index contributed by atoms with van der Waals surface area (Å²) in [4.78, 5) is 27.9. The molecule has 0 aliphatic carbocycles. The number of rotatable bonds is 7. The Morgan fingerprint density at radius 1 is 0.461 bits per heavy atom. The smallest absolute Gasteiger partial charge is 0.494 e. The maximum atomic E-state index is 10.0. The average molecular weight is 1250 g/mol. The van der Waals surface area contributed by atoms with Crippen LogP contribution in [0.3, 0.4) is 0 Å². The summed E-state index contributed by atoms with van der Waals surface area (Å²) in [7, 11) is -0.418. The highest BCUT2D eigenvalue weighted by Crippen LogP contribution is 2.44. The molecule has 1 fully saturated rings. The zero-order chi connectivity index (χ0) is 59.0. The van der Waals surface area contributed by atoms with Crippen molar-refractivity contribution < 1.29 is 14.4 Å². The molecule has 4 aliphatic heterocycles. The van der Waals surface area contributed by atoms with Gasteiger partial charge in [0.2, 0.25) is 0 Å². The van der Waals surface area contributed by atoms with Crippen LogP contribution in [0.2, 0.25) is 0 Å². The molecular weight excluding hydrogens is 1170 g/mol. The fraction of sp³-hybridized carbons (Fsp3) is 0.292. The topological polar surface area (TPSA) is 169 Å². The molecule has 0 saturated carbocycles. The quantitative estimate of drug-likeness (QED) is 0.150. The molecule has 0 spiro atoms. The molecule has 12 aromatic rings. The third kappa shape index (κ3) is 11.4. The number of hydrogen-bond acceptors (Lipinski definition) is 12. The van der Waals surface area contributed by atoms with Crippen LogP contribution in [0.5, 0.6) is 5.75 Å². The van der Waals surface area contributed by atoms with Crippen molar-refractivity contribution in [1.29, 1.82) is 0 Å². The third-order valence-electron chi connectivity index (χ3n) is 17.4. The van der Waals surface area contributed by atoms with E-state index in [1.54, 1.807) is 12.1 Å². The van der Waals surface area contributed by atoms with E-state index in [1.165, 1.54) is 28.2 Å². The summed E-state index contributed by atoms with van der Waals surface area (Å²) in [6.45, 7) is 17.2. The van der Waals surface area contributed by atoms with Gasteiger partial charge in [0.25, 0.3) is 0 Å². The number of phenols is 1. The van der Waals surface area contributed by atoms with Crippen molar-refractivity contribution in [2.24, 2.45) is 0 Å². The minimum absolute atomic E-state index is 0. The van der Waals surface area contributed by atoms with Gasteiger partial charge in [-0.2, -0.15) is 15.3 Å². The highest BCUT2D eigenvalue weighted by Gasteiger charge is 2.52. The molecule has 3 aromatic carbocycles. The van der Waals surface area contributed by atoms with E-state index in [0.29, 0.717) is 0 Å². The van der Waals surface area contributed by atoms with Crippen molar-refractivity contribution in [3.05, 3.63) is 185 Å². The lowest BCUT2D eigenvalue weighted by molar-refractivity contribution is 0.00578. The van der Waals surface area contributed by atoms with E-state index < -0.39 is 7.12 Å². The van der Waals surface area contributed by atoms with Crippen LogP contribution in [-0.4, -0.2) is 82.7 Å². The first-order valence-corrected chi connectivity index (χ1v) is 30.4. The molecule has 15 nitrogen and oxygen atoms in total. The van der Waals surface area contributed by atoms with Gasteiger partial charge in [0.1, 0.15) is 22.8 Å². The van der Waals surface area contributed by atoms with E-state index in [0.717, 1.165) is 174 Å². The normalized spacial score (nSPS) is 14.9. The Hall–Kier alpha value is -8.77. The van der Waals surface area contributed by atoms with Crippen LogP contribution in [0.15, 0.2) is 150 Å². The second-order valence-electron chi connectivity index (χ2n) is 23.8. The minimum Gasteiger partial charge on any atom is -0.508 e. The maximum Gasteiger partial charge on any atom is 0.494 e. The number of hydrogen-bond donors (Lipinski definition) is 1. The van der Waals surface area contributed by atoms with Crippen LogP contribution in [-0.2, 0) is 48.2 Å². The molecular formula is C72H76BBrN12O3. The fourth-order valence-electron chi connectivity index (χ4n) is 12.6. The van der Waals surface area contributed by atoms with E-state index in [2.05, 4.69) is 115 Å². The monoisotopic (exact) mass is 1250 g/mol. The predicted molar refractivity (Wildman–Crippen MR) is 363 cm³/mol. The van der Waals surface area contributed by atoms with E-state index >= 15 is 0 Å². The lowest BCUT2D eigenvalue weighted by Gasteiger charge is -2.32. The number of phenolic OH excluding ortho intramolecular Hbond substituents is 1. The number of benzene rings is 3. The Kier molecular flexibility index (Phi) is 17.1. The van der Waals surface area contributed by atoms with E-state index in [1.807, 2.05) is 112 Å². The van der Waals surface area contributed by atoms with Gasteiger partial charge in [0, 0.05) is 110 Å². The standard InChI is InChI=1S/C27H29BN4O2.C21H17BrN4.C21H18N4O.3CH4/c1-17-8-6-9-22(30-17)25-24(23-10-7-15-32(23)31-25)19-13-14-29-21-12-11-18(16-20(19)21)28-33-26(2,3)27(4,5)34-28;1-13-4-2-5-18(24-13)21-20(19-6-3-11-26(19)25-21)15-9-10-23-17-8-7-14(22)12-16(15)17;1-13-4-2-5-18(23-13)21-20(19-6-3-11-25(19)24-21)15-9-10-22-17-8-7-14(26)12-16(15)17;;;/h6,8-9,11-14,16H,7,10,15H2,1-5H3;2,4-5,7-10,12H,3,6,11H2,1H3;2,4-5,7-10,12,26H,3,6,11H2,1H3;3*1H4. The van der Waals surface area contributed by atoms with Gasteiger partial charge >= 0.3 is 7.12 Å². The highest BCUT2D eigenvalue weighted by atomic mass is 79.9. The highest BCUT2D eigenvalue weighted by molar-refractivity contribution is 9.10. The molecule has 0 bridgehead atoms. The molecule has 0 radical (unpaired) electrons. The van der Waals surface area contributed by atoms with Crippen molar-refractivity contribution in [2.45, 2.75) is 140 Å². The Bertz CT molecular complexity index is 4450. The summed E-state index contributed by atoms with van der Waals surface area (Å²) < 4.78 is 20.1. The lowest BCUT2D eigenvalue weighted by Crippen LogP contribution is -2.41. The first-order chi connectivity index (χ1) is 41.6. The second-order valence-corrected chi connectivity index (χ2v) is 24.7. The van der Waals surface area contributed by atoms with Gasteiger partial charge in [-0.15, -0.1) is 0 Å². The van der Waals surface area contributed by atoms with Crippen molar-refractivity contribution in [1.82, 2.24) is 59.2 Å². The molecule has 17 heteroatoms. The van der Waals surface area contributed by atoms with Gasteiger partial charge in [0.15, 0.2) is 0 Å². The van der Waals surface area contributed by atoms with Gasteiger partial charge in [-0.1, -0.05) is 68.5 Å². The number of nitrogens with zero attached hydrogens (tertiary/aromatic N) is 12. The zero-order valence-electron chi connectivity index (χ0n) is 49.3. The Labute approximate surface area is 530 Å². The Morgan fingerprint density at radius 3 is 1.24 bits per heavy atom. The molecule has 0 amide bonds. The van der Waals surface area contributed by atoms with Crippen molar-refractivity contribution >= 4 is 61.2 Å². The van der Waals surface area contributed by atoms with Gasteiger partial charge in [-0.3, -0.25) is 43.9 Å². The summed E-state index contributed by atoms with van der Waals surface area (Å²) >= 11 is 3.60. The number of pyridine rings is 6. The molecule has 13 heterocycles. The van der Waals surface area contributed by atoms with Crippen molar-refractivity contribution in [3.63, 3.8) is 0 Å². The van der Waals surface area contributed by atoms with E-state index in [-0.39, 0.29) is 39.2 Å². The molecule has 4 aliphatic rings. The van der Waals surface area contributed by atoms with E-state index in [9.17, 15) is 5.11 Å². The first kappa shape index (κ1) is 61.9. The number of fused-ring (bicyclic) bond motifs is 6. The first-order valence-electron chi connectivity index (χ1n) is 29.6. The van der Waals surface area contributed by atoms with Crippen LogP contribution in [0.4, 0.5) is 0 Å². The third-order valence-corrected chi connectivity index (χ3v) is 17.9. The van der Waals surface area contributed by atoms with Crippen LogP contribution >= 0.6 is 15.9 Å². The van der Waals surface area contributed by atoms with Crippen LogP contribution in [0, 0.1) is 20.8 Å². The summed E-state index contributed by atoms with van der Waals surface area (Å²) in [5, 5.41) is 28.0. The lowest BCUT2D eigenvalue weighted by atomic mass is 9.78. The van der Waals surface area contributed by atoms with Crippen LogP contribution in [0.25, 0.3) is 100 Å². The molecule has 16 rings (SSSR count). The largest absolute Gasteiger partial charge is 0.508 e. The SMILES string of the molecule is C.C.C.Cc1cccc(-c2nn3c(c2-c2ccnc4ccc(B5OC(C)(C)C(C)(C)O5)cc24)CCC3)n1.Cc1cccc(-c2nn3c(c2-c2ccnc4ccc(Br)cc24)CCC3)n1.Cc1cccc(-c2nn3c(c2-c2ccnc4ccc(O)cc24)CCC3)n1. The fourth-order valence-corrected chi connectivity index (χ4v) is 13.0. The van der Waals surface area contributed by atoms with Gasteiger partial charge in [0.05, 0.1) is 44.8 Å². The van der Waals surface area contributed by atoms with Gasteiger partial charge in [-0.25, -0.2) is 0 Å². The second kappa shape index (κ2) is 24.7. The van der Waals surface area contributed by atoms with Crippen LogP contribution in [0.1, 0.15) is 103 Å². The molecule has 0 unspecified atom stereocenters. The van der Waals surface area contributed by atoms with Crippen molar-refractivity contribution in [2.75, 3.05) is 0 Å². The molecule has 89 heavy (non-hydrogen) atoms. The van der Waals surface area contributed by atoms with Gasteiger partial charge < -0.3 is 14.4 Å². The predicted octanol–water partition coefficient (Wildman–Crippen LogP) is 15.9. The zero-order valence-corrected chi connectivity index (χ0v) is 50.9. The number of aryl methyl sites for hydroxylation is 6. The Morgan fingerprint density at radius 2 is 0.831 bits per heavy atom. The number of halogens is 1. The van der Waals surface area contributed by atoms with E-state index in [4.69, 9.17) is 39.6 Å². The summed E-state index contributed by atoms with van der Waals surface area (Å²) in [5.74, 6) is 0.241. The molecule has 1 N–H and O–H groups in total. The molecule has 9 aromatic heterocycles. The maximum absolute atomic E-state index is 10.0. The average Bonchev–Trinajstić information content (AvgIpc) is 1.72. The summed E-state index contributed by atoms with van der Waals surface area (Å²) in [6, 6.07) is 42.3. The number of aromatic hydroxyl groups is 1. The van der Waals surface area contributed by atoms with Crippen LogP contribution < -0.4 is 5.46 Å². The molecule has 0 atom stereocenters. The van der Waals surface area contributed by atoms with Crippen molar-refractivity contribution in [3.8, 4) is 73.3 Å². The molecule has 1 saturated heterocycles.